The minimum absolute atomic E-state index is 0.00598. The molecule has 0 saturated carbocycles. The zero-order chi connectivity index (χ0) is 21.3. The monoisotopic (exact) mass is 431 g/mol. The molecule has 0 aliphatic carbocycles. The molecular weight excluding hydrogens is 405 g/mol. The van der Waals surface area contributed by atoms with Crippen molar-refractivity contribution >= 4 is 23.2 Å². The molecule has 0 unspecified atom stereocenters. The zero-order valence-electron chi connectivity index (χ0n) is 17.3. The molecular formula is C22H26FN3O3S. The van der Waals surface area contributed by atoms with Crippen LogP contribution in [0.3, 0.4) is 0 Å². The number of aromatic nitrogens is 1. The number of carbonyl (C=O) groups is 2. The van der Waals surface area contributed by atoms with Gasteiger partial charge in [-0.3, -0.25) is 9.59 Å². The average Bonchev–Trinajstić information content (AvgIpc) is 3.25. The van der Waals surface area contributed by atoms with Crippen molar-refractivity contribution in [2.75, 3.05) is 26.7 Å². The van der Waals surface area contributed by atoms with E-state index in [0.29, 0.717) is 31.6 Å². The van der Waals surface area contributed by atoms with E-state index in [0.717, 1.165) is 30.1 Å². The summed E-state index contributed by atoms with van der Waals surface area (Å²) in [4.78, 5) is 33.5. The second-order valence-corrected chi connectivity index (χ2v) is 9.37. The molecule has 8 heteroatoms. The van der Waals surface area contributed by atoms with Gasteiger partial charge < -0.3 is 14.5 Å². The molecule has 0 atom stereocenters. The third kappa shape index (κ3) is 4.33. The quantitative estimate of drug-likeness (QED) is 0.730. The second kappa shape index (κ2) is 8.34. The largest absolute Gasteiger partial charge is 0.494 e. The van der Waals surface area contributed by atoms with Crippen LogP contribution in [0.1, 0.15) is 35.5 Å². The molecule has 6 nitrogen and oxygen atoms in total. The highest BCUT2D eigenvalue weighted by Crippen LogP contribution is 2.41. The Bertz CT molecular complexity index is 953. The van der Waals surface area contributed by atoms with E-state index in [1.807, 2.05) is 22.1 Å². The first-order chi connectivity index (χ1) is 14.4. The normalized spacial score (nSPS) is 18.3. The molecule has 0 N–H and O–H groups in total. The van der Waals surface area contributed by atoms with Crippen LogP contribution in [-0.4, -0.2) is 53.3 Å². The molecule has 3 heterocycles. The lowest BCUT2D eigenvalue weighted by Crippen LogP contribution is -2.44. The van der Waals surface area contributed by atoms with Crippen molar-refractivity contribution in [3.8, 4) is 5.75 Å². The number of hydrogen-bond donors (Lipinski definition) is 0. The molecule has 0 radical (unpaired) electrons. The number of methoxy groups -OCH3 is 1. The smallest absolute Gasteiger partial charge is 0.226 e. The van der Waals surface area contributed by atoms with E-state index in [1.165, 1.54) is 13.2 Å². The summed E-state index contributed by atoms with van der Waals surface area (Å²) in [6.45, 7) is 4.53. The van der Waals surface area contributed by atoms with Crippen LogP contribution in [0.5, 0.6) is 5.75 Å². The summed E-state index contributed by atoms with van der Waals surface area (Å²) in [5.41, 5.74) is 1.53. The maximum Gasteiger partial charge on any atom is 0.226 e. The van der Waals surface area contributed by atoms with Crippen LogP contribution in [0, 0.1) is 18.2 Å². The van der Waals surface area contributed by atoms with E-state index >= 15 is 0 Å². The van der Waals surface area contributed by atoms with Gasteiger partial charge in [-0.15, -0.1) is 11.3 Å². The average molecular weight is 432 g/mol. The third-order valence-electron chi connectivity index (χ3n) is 6.17. The van der Waals surface area contributed by atoms with Crippen molar-refractivity contribution in [2.24, 2.45) is 5.41 Å². The van der Waals surface area contributed by atoms with Gasteiger partial charge in [0, 0.05) is 36.9 Å². The zero-order valence-corrected chi connectivity index (χ0v) is 18.1. The molecule has 1 spiro atoms. The standard InChI is InChI=1S/C22H26FN3O3S/c1-15-24-17(13-30-15)12-26-14-22(11-21(26)28)5-7-25(8-6-22)20(27)10-16-3-4-19(29-2)18(23)9-16/h3-4,9,13H,5-8,10-12,14H2,1-2H3. The SMILES string of the molecule is COc1ccc(CC(=O)N2CCC3(CC2)CC(=O)N(Cc2csc(C)n2)C3)cc1F. The van der Waals surface area contributed by atoms with Gasteiger partial charge in [-0.05, 0) is 37.5 Å². The summed E-state index contributed by atoms with van der Waals surface area (Å²) in [7, 11) is 1.42. The molecule has 2 fully saturated rings. The Balaban J connectivity index is 1.32. The Morgan fingerprint density at radius 2 is 2.10 bits per heavy atom. The van der Waals surface area contributed by atoms with Crippen molar-refractivity contribution in [3.63, 3.8) is 0 Å². The van der Waals surface area contributed by atoms with E-state index in [9.17, 15) is 14.0 Å². The van der Waals surface area contributed by atoms with Crippen LogP contribution < -0.4 is 4.74 Å². The fraction of sp³-hybridized carbons (Fsp3) is 0.500. The van der Waals surface area contributed by atoms with E-state index < -0.39 is 5.82 Å². The van der Waals surface area contributed by atoms with Gasteiger partial charge in [0.2, 0.25) is 11.8 Å². The minimum atomic E-state index is -0.458. The topological polar surface area (TPSA) is 62.7 Å². The first kappa shape index (κ1) is 20.8. The Labute approximate surface area is 179 Å². The fourth-order valence-electron chi connectivity index (χ4n) is 4.47. The molecule has 2 amide bonds. The minimum Gasteiger partial charge on any atom is -0.494 e. The molecule has 160 valence electrons. The number of thiazole rings is 1. The van der Waals surface area contributed by atoms with Gasteiger partial charge in [0.1, 0.15) is 0 Å². The van der Waals surface area contributed by atoms with Crippen molar-refractivity contribution in [1.29, 1.82) is 0 Å². The van der Waals surface area contributed by atoms with Gasteiger partial charge in [0.05, 0.1) is 30.8 Å². The lowest BCUT2D eigenvalue weighted by Gasteiger charge is -2.38. The summed E-state index contributed by atoms with van der Waals surface area (Å²) in [5, 5.41) is 3.02. The summed E-state index contributed by atoms with van der Waals surface area (Å²) >= 11 is 1.60. The van der Waals surface area contributed by atoms with Crippen LogP contribution in [0.25, 0.3) is 0 Å². The van der Waals surface area contributed by atoms with Gasteiger partial charge in [-0.25, -0.2) is 9.37 Å². The van der Waals surface area contributed by atoms with Crippen molar-refractivity contribution < 1.29 is 18.7 Å². The number of benzene rings is 1. The fourth-order valence-corrected chi connectivity index (χ4v) is 5.08. The number of ether oxygens (including phenoxy) is 1. The highest BCUT2D eigenvalue weighted by molar-refractivity contribution is 7.09. The number of likely N-dealkylation sites (tertiary alicyclic amines) is 2. The Morgan fingerprint density at radius 1 is 1.33 bits per heavy atom. The second-order valence-electron chi connectivity index (χ2n) is 8.31. The lowest BCUT2D eigenvalue weighted by atomic mass is 9.77. The maximum absolute atomic E-state index is 13.9. The van der Waals surface area contributed by atoms with Gasteiger partial charge in [0.25, 0.3) is 0 Å². The number of piperidine rings is 1. The summed E-state index contributed by atoms with van der Waals surface area (Å²) in [6.07, 6.45) is 2.34. The number of nitrogens with zero attached hydrogens (tertiary/aromatic N) is 3. The highest BCUT2D eigenvalue weighted by Gasteiger charge is 2.45. The lowest BCUT2D eigenvalue weighted by molar-refractivity contribution is -0.132. The van der Waals surface area contributed by atoms with Crippen molar-refractivity contribution in [1.82, 2.24) is 14.8 Å². The summed E-state index contributed by atoms with van der Waals surface area (Å²) < 4.78 is 18.8. The van der Waals surface area contributed by atoms with E-state index in [4.69, 9.17) is 4.74 Å². The Hall–Kier alpha value is -2.48. The number of rotatable bonds is 5. The van der Waals surface area contributed by atoms with Gasteiger partial charge in [-0.2, -0.15) is 0 Å². The van der Waals surface area contributed by atoms with Crippen LogP contribution in [0.15, 0.2) is 23.6 Å². The molecule has 1 aromatic heterocycles. The van der Waals surface area contributed by atoms with Gasteiger partial charge >= 0.3 is 0 Å². The van der Waals surface area contributed by atoms with Crippen molar-refractivity contribution in [3.05, 3.63) is 45.7 Å². The van der Waals surface area contributed by atoms with E-state index in [-0.39, 0.29) is 29.4 Å². The Morgan fingerprint density at radius 3 is 2.73 bits per heavy atom. The van der Waals surface area contributed by atoms with Crippen molar-refractivity contribution in [2.45, 2.75) is 39.2 Å². The van der Waals surface area contributed by atoms with Crippen LogP contribution in [0.4, 0.5) is 4.39 Å². The number of carbonyl (C=O) groups excluding carboxylic acids is 2. The number of amides is 2. The summed E-state index contributed by atoms with van der Waals surface area (Å²) in [6, 6.07) is 4.63. The predicted molar refractivity (Wildman–Crippen MR) is 112 cm³/mol. The summed E-state index contributed by atoms with van der Waals surface area (Å²) in [5.74, 6) is -0.114. The van der Waals surface area contributed by atoms with Gasteiger partial charge in [-0.1, -0.05) is 6.07 Å². The molecule has 2 aliphatic heterocycles. The first-order valence-electron chi connectivity index (χ1n) is 10.2. The predicted octanol–water partition coefficient (Wildman–Crippen LogP) is 3.18. The number of hydrogen-bond acceptors (Lipinski definition) is 5. The molecule has 2 saturated heterocycles. The molecule has 30 heavy (non-hydrogen) atoms. The first-order valence-corrected chi connectivity index (χ1v) is 11.0. The van der Waals surface area contributed by atoms with Gasteiger partial charge in [0.15, 0.2) is 11.6 Å². The van der Waals surface area contributed by atoms with Crippen LogP contribution >= 0.6 is 11.3 Å². The number of halogens is 1. The molecule has 0 bridgehead atoms. The molecule has 1 aromatic carbocycles. The highest BCUT2D eigenvalue weighted by atomic mass is 32.1. The third-order valence-corrected chi connectivity index (χ3v) is 7.00. The van der Waals surface area contributed by atoms with Crippen LogP contribution in [0.2, 0.25) is 0 Å². The number of aryl methyl sites for hydroxylation is 1. The van der Waals surface area contributed by atoms with Crippen LogP contribution in [-0.2, 0) is 22.6 Å². The Kier molecular flexibility index (Phi) is 5.77. The molecule has 2 aromatic rings. The molecule has 2 aliphatic rings. The maximum atomic E-state index is 13.9. The van der Waals surface area contributed by atoms with E-state index in [2.05, 4.69) is 4.98 Å². The van der Waals surface area contributed by atoms with E-state index in [1.54, 1.807) is 23.5 Å². The molecule has 4 rings (SSSR count).